The molecule has 2 aromatic heterocycles. The number of carboxylic acids is 2. The summed E-state index contributed by atoms with van der Waals surface area (Å²) in [6.45, 7) is 16.4. The van der Waals surface area contributed by atoms with Crippen molar-refractivity contribution in [1.82, 2.24) is 9.97 Å². The average molecular weight is 899 g/mol. The highest BCUT2D eigenvalue weighted by Crippen LogP contribution is 2.47. The van der Waals surface area contributed by atoms with E-state index in [1.165, 1.54) is 11.1 Å². The second-order valence-electron chi connectivity index (χ2n) is 19.1. The van der Waals surface area contributed by atoms with Gasteiger partial charge in [0.15, 0.2) is 12.2 Å². The molecule has 344 valence electrons. The summed E-state index contributed by atoms with van der Waals surface area (Å²) >= 11 is 0. The zero-order valence-corrected chi connectivity index (χ0v) is 38.6. The largest absolute Gasteiger partial charge is 0.493 e. The summed E-state index contributed by atoms with van der Waals surface area (Å²) < 4.78 is 24.1. The van der Waals surface area contributed by atoms with Crippen LogP contribution in [0.15, 0.2) is 109 Å². The number of aromatic nitrogens is 2. The van der Waals surface area contributed by atoms with Crippen molar-refractivity contribution in [2.24, 2.45) is 0 Å². The molecular formula is C57H58N2O8. The molecule has 0 spiro atoms. The van der Waals surface area contributed by atoms with Gasteiger partial charge in [-0.2, -0.15) is 0 Å². The normalized spacial score (nSPS) is 14.1. The van der Waals surface area contributed by atoms with Crippen LogP contribution in [0.25, 0.3) is 65.6 Å². The van der Waals surface area contributed by atoms with Crippen LogP contribution in [0.4, 0.5) is 0 Å². The Balaban J connectivity index is 0.000000179. The second kappa shape index (κ2) is 18.1. The van der Waals surface area contributed by atoms with Crippen molar-refractivity contribution in [2.45, 2.75) is 99.1 Å². The third kappa shape index (κ3) is 8.91. The van der Waals surface area contributed by atoms with Gasteiger partial charge >= 0.3 is 11.9 Å². The van der Waals surface area contributed by atoms with Gasteiger partial charge in [-0.25, -0.2) is 9.59 Å². The zero-order chi connectivity index (χ0) is 46.7. The summed E-state index contributed by atoms with van der Waals surface area (Å²) in [7, 11) is 0. The number of pyridine rings is 2. The van der Waals surface area contributed by atoms with Gasteiger partial charge in [0.2, 0.25) is 0 Å². The van der Waals surface area contributed by atoms with Gasteiger partial charge in [0.25, 0.3) is 0 Å². The van der Waals surface area contributed by atoms with E-state index in [0.717, 1.165) is 101 Å². The third-order valence-electron chi connectivity index (χ3n) is 12.2. The fraction of sp³-hybridized carbons (Fsp3) is 0.298. The Kier molecular flexibility index (Phi) is 12.6. The number of carboxylic acid groups (broad SMARTS) is 2. The molecule has 2 aliphatic rings. The Morgan fingerprint density at radius 3 is 1.34 bits per heavy atom. The highest BCUT2D eigenvalue weighted by atomic mass is 16.5. The summed E-state index contributed by atoms with van der Waals surface area (Å²) in [5.41, 5.74) is 9.31. The Morgan fingerprint density at radius 2 is 0.970 bits per heavy atom. The molecule has 10 heteroatoms. The molecule has 0 radical (unpaired) electrons. The Morgan fingerprint density at radius 1 is 0.582 bits per heavy atom. The van der Waals surface area contributed by atoms with Crippen molar-refractivity contribution in [3.05, 3.63) is 143 Å². The van der Waals surface area contributed by atoms with E-state index in [1.807, 2.05) is 153 Å². The molecule has 2 N–H and O–H groups in total. The van der Waals surface area contributed by atoms with E-state index in [1.54, 1.807) is 0 Å². The van der Waals surface area contributed by atoms with Gasteiger partial charge in [-0.05, 0) is 147 Å². The lowest BCUT2D eigenvalue weighted by Crippen LogP contribution is -2.28. The van der Waals surface area contributed by atoms with Crippen LogP contribution < -0.4 is 9.47 Å². The lowest BCUT2D eigenvalue weighted by atomic mass is 9.85. The number of aryl methyl sites for hydroxylation is 2. The number of carbonyl (C=O) groups is 2. The van der Waals surface area contributed by atoms with E-state index in [2.05, 4.69) is 12.1 Å². The maximum absolute atomic E-state index is 12.5. The number of hydrogen-bond donors (Lipinski definition) is 2. The molecule has 8 aromatic rings. The molecule has 67 heavy (non-hydrogen) atoms. The van der Waals surface area contributed by atoms with Gasteiger partial charge in [-0.15, -0.1) is 0 Å². The van der Waals surface area contributed by atoms with E-state index in [0.29, 0.717) is 24.3 Å². The van der Waals surface area contributed by atoms with Crippen LogP contribution in [0.2, 0.25) is 0 Å². The topological polar surface area (TPSA) is 137 Å². The van der Waals surface area contributed by atoms with Gasteiger partial charge < -0.3 is 29.2 Å². The van der Waals surface area contributed by atoms with Gasteiger partial charge in [0, 0.05) is 58.3 Å². The average Bonchev–Trinajstić information content (AvgIpc) is 3.27. The quantitative estimate of drug-likeness (QED) is 0.152. The molecule has 0 saturated heterocycles. The predicted molar refractivity (Wildman–Crippen MR) is 266 cm³/mol. The highest BCUT2D eigenvalue weighted by molar-refractivity contribution is 6.10. The van der Waals surface area contributed by atoms with E-state index in [9.17, 15) is 19.8 Å². The van der Waals surface area contributed by atoms with Gasteiger partial charge in [0.05, 0.1) is 35.4 Å². The molecule has 0 amide bonds. The lowest BCUT2D eigenvalue weighted by molar-refractivity contribution is -0.161. The second-order valence-corrected chi connectivity index (χ2v) is 19.1. The van der Waals surface area contributed by atoms with Crippen molar-refractivity contribution in [1.29, 1.82) is 0 Å². The summed E-state index contributed by atoms with van der Waals surface area (Å²) in [6, 6.07) is 32.2. The maximum atomic E-state index is 12.5. The van der Waals surface area contributed by atoms with E-state index in [-0.39, 0.29) is 7.43 Å². The number of rotatable bonds is 8. The van der Waals surface area contributed by atoms with Crippen molar-refractivity contribution in [3.63, 3.8) is 0 Å². The molecule has 4 heterocycles. The van der Waals surface area contributed by atoms with Crippen molar-refractivity contribution >= 4 is 55.3 Å². The van der Waals surface area contributed by atoms with Crippen LogP contribution in [0, 0.1) is 13.8 Å². The minimum absolute atomic E-state index is 0. The molecule has 2 atom stereocenters. The van der Waals surface area contributed by atoms with E-state index in [4.69, 9.17) is 28.9 Å². The predicted octanol–water partition coefficient (Wildman–Crippen LogP) is 13.1. The molecule has 0 unspecified atom stereocenters. The Hall–Kier alpha value is -6.88. The van der Waals surface area contributed by atoms with Crippen LogP contribution in [0.5, 0.6) is 11.5 Å². The minimum Gasteiger partial charge on any atom is -0.493 e. The first kappa shape index (κ1) is 46.6. The molecule has 0 aliphatic carbocycles. The van der Waals surface area contributed by atoms with Crippen LogP contribution >= 0.6 is 0 Å². The molecule has 6 aromatic carbocycles. The minimum atomic E-state index is -1.12. The van der Waals surface area contributed by atoms with Crippen molar-refractivity contribution in [3.8, 4) is 33.8 Å². The number of fused-ring (bicyclic) bond motifs is 2. The standard InChI is InChI=1S/2C28H27NO4.CH4/c2*1-16-15-18-7-5-6-8-19(18)24(22(16)26(27(30)31)33-28(2,3)4)20-9-10-21-23-17(12-14-32-21)11-13-29-25(20)23;/h2*5-11,13,15,26H,12,14H2,1-4H3,(H,30,31);1H4/t2*26-;/m00./s1. The van der Waals surface area contributed by atoms with Crippen LogP contribution in [0.3, 0.4) is 0 Å². The van der Waals surface area contributed by atoms with Gasteiger partial charge in [-0.3, -0.25) is 9.97 Å². The Bertz CT molecular complexity index is 3000. The number of benzene rings is 6. The fourth-order valence-electron chi connectivity index (χ4n) is 9.64. The van der Waals surface area contributed by atoms with Crippen LogP contribution in [-0.2, 0) is 31.9 Å². The van der Waals surface area contributed by atoms with Gasteiger partial charge in [-0.1, -0.05) is 68.1 Å². The first-order valence-electron chi connectivity index (χ1n) is 22.4. The number of aliphatic carboxylic acids is 2. The SMILES string of the molecule is C.Cc1cc2ccccc2c(-c2ccc3c4c(ccnc24)CCO3)c1[C@H](OC(C)(C)C)C(=O)O.Cc1cc2ccccc2c(-c2ccc3c4c(ccnc24)CCO3)c1[C@H](OC(C)(C)C)C(=O)O. The lowest BCUT2D eigenvalue weighted by Gasteiger charge is -2.29. The molecular weight excluding hydrogens is 841 g/mol. The zero-order valence-electron chi connectivity index (χ0n) is 38.6. The Labute approximate surface area is 391 Å². The highest BCUT2D eigenvalue weighted by Gasteiger charge is 2.34. The van der Waals surface area contributed by atoms with E-state index >= 15 is 0 Å². The molecule has 0 saturated carbocycles. The summed E-state index contributed by atoms with van der Waals surface area (Å²) in [5, 5.41) is 26.5. The van der Waals surface area contributed by atoms with Crippen molar-refractivity contribution in [2.75, 3.05) is 13.2 Å². The van der Waals surface area contributed by atoms with Crippen LogP contribution in [0.1, 0.15) is 94.6 Å². The number of nitrogens with zero attached hydrogens (tertiary/aromatic N) is 2. The third-order valence-corrected chi connectivity index (χ3v) is 12.2. The molecule has 10 rings (SSSR count). The number of ether oxygens (including phenoxy) is 4. The maximum Gasteiger partial charge on any atom is 0.337 e. The summed E-state index contributed by atoms with van der Waals surface area (Å²) in [4.78, 5) is 34.5. The first-order chi connectivity index (χ1) is 31.5. The first-order valence-corrected chi connectivity index (χ1v) is 22.4. The molecule has 2 aliphatic heterocycles. The summed E-state index contributed by atoms with van der Waals surface area (Å²) in [5.74, 6) is -0.378. The number of hydrogen-bond acceptors (Lipinski definition) is 8. The van der Waals surface area contributed by atoms with E-state index < -0.39 is 35.3 Å². The summed E-state index contributed by atoms with van der Waals surface area (Å²) in [6.07, 6.45) is 3.06. The molecule has 10 nitrogen and oxygen atoms in total. The van der Waals surface area contributed by atoms with Crippen molar-refractivity contribution < 1.29 is 38.7 Å². The molecule has 0 bridgehead atoms. The van der Waals surface area contributed by atoms with Gasteiger partial charge in [0.1, 0.15) is 11.5 Å². The molecule has 0 fully saturated rings. The smallest absolute Gasteiger partial charge is 0.337 e. The fourth-order valence-corrected chi connectivity index (χ4v) is 9.64. The monoisotopic (exact) mass is 898 g/mol. The van der Waals surface area contributed by atoms with Crippen LogP contribution in [-0.4, -0.2) is 56.5 Å².